The first kappa shape index (κ1) is 12.8. The molecule has 0 bridgehead atoms. The Kier molecular flexibility index (Phi) is 4.61. The number of ether oxygens (including phenoxy) is 1. The number of nitrogens with one attached hydrogen (secondary N) is 1. The molecule has 0 aromatic heterocycles. The summed E-state index contributed by atoms with van der Waals surface area (Å²) in [5.74, 6) is 0.716. The molecule has 0 spiro atoms. The predicted molar refractivity (Wildman–Crippen MR) is 69.4 cm³/mol. The number of benzene rings is 1. The van der Waals surface area contributed by atoms with Crippen LogP contribution in [0.25, 0.3) is 0 Å². The third-order valence-corrected chi connectivity index (χ3v) is 3.62. The van der Waals surface area contributed by atoms with Crippen molar-refractivity contribution in [2.75, 3.05) is 31.0 Å². The van der Waals surface area contributed by atoms with Crippen LogP contribution in [0.15, 0.2) is 18.2 Å². The number of hydrogen-bond donors (Lipinski definition) is 2. The van der Waals surface area contributed by atoms with Crippen LogP contribution < -0.4 is 15.8 Å². The third kappa shape index (κ3) is 3.73. The van der Waals surface area contributed by atoms with Crippen molar-refractivity contribution in [3.63, 3.8) is 0 Å². The van der Waals surface area contributed by atoms with E-state index < -0.39 is 10.8 Å². The summed E-state index contributed by atoms with van der Waals surface area (Å²) in [4.78, 5) is 0. The van der Waals surface area contributed by atoms with Gasteiger partial charge in [0.15, 0.2) is 0 Å². The molecule has 0 amide bonds. The Morgan fingerprint density at radius 1 is 1.50 bits per heavy atom. The van der Waals surface area contributed by atoms with Crippen molar-refractivity contribution in [3.05, 3.63) is 18.2 Å². The minimum Gasteiger partial charge on any atom is -0.497 e. The van der Waals surface area contributed by atoms with E-state index in [1.807, 2.05) is 19.1 Å². The number of methoxy groups -OCH3 is 1. The molecule has 0 saturated heterocycles. The van der Waals surface area contributed by atoms with Gasteiger partial charge in [-0.15, -0.1) is 0 Å². The second kappa shape index (κ2) is 5.75. The molecule has 5 heteroatoms. The molecule has 1 aromatic rings. The highest BCUT2D eigenvalue weighted by Gasteiger charge is 2.06. The van der Waals surface area contributed by atoms with E-state index in [9.17, 15) is 4.21 Å². The van der Waals surface area contributed by atoms with Crippen LogP contribution >= 0.6 is 0 Å². The molecule has 0 aliphatic heterocycles. The van der Waals surface area contributed by atoms with Gasteiger partial charge in [-0.1, -0.05) is 0 Å². The smallest absolute Gasteiger partial charge is 0.122 e. The zero-order chi connectivity index (χ0) is 12.1. The van der Waals surface area contributed by atoms with Crippen LogP contribution in [0.3, 0.4) is 0 Å². The van der Waals surface area contributed by atoms with Gasteiger partial charge in [-0.25, -0.2) is 0 Å². The molecule has 3 N–H and O–H groups in total. The lowest BCUT2D eigenvalue weighted by molar-refractivity contribution is 0.415. The summed E-state index contributed by atoms with van der Waals surface area (Å²) in [6, 6.07) is 5.45. The lowest BCUT2D eigenvalue weighted by Crippen LogP contribution is -2.20. The summed E-state index contributed by atoms with van der Waals surface area (Å²) in [5, 5.41) is 3.29. The monoisotopic (exact) mass is 242 g/mol. The Morgan fingerprint density at radius 3 is 2.75 bits per heavy atom. The summed E-state index contributed by atoms with van der Waals surface area (Å²) < 4.78 is 16.3. The summed E-state index contributed by atoms with van der Waals surface area (Å²) in [6.45, 7) is 2.59. The molecule has 1 rings (SSSR count). The van der Waals surface area contributed by atoms with E-state index in [-0.39, 0.29) is 5.25 Å². The van der Waals surface area contributed by atoms with Gasteiger partial charge in [0.25, 0.3) is 0 Å². The minimum atomic E-state index is -0.821. The first-order valence-electron chi connectivity index (χ1n) is 5.03. The highest BCUT2D eigenvalue weighted by molar-refractivity contribution is 7.84. The van der Waals surface area contributed by atoms with Gasteiger partial charge in [-0.05, 0) is 13.0 Å². The molecular formula is C11H18N2O2S. The van der Waals surface area contributed by atoms with E-state index >= 15 is 0 Å². The van der Waals surface area contributed by atoms with E-state index in [1.165, 1.54) is 0 Å². The summed E-state index contributed by atoms with van der Waals surface area (Å²) >= 11 is 0. The molecule has 0 radical (unpaired) electrons. The number of nitrogens with two attached hydrogens (primary N) is 1. The van der Waals surface area contributed by atoms with Crippen molar-refractivity contribution in [3.8, 4) is 5.75 Å². The van der Waals surface area contributed by atoms with Crippen molar-refractivity contribution in [1.29, 1.82) is 0 Å². The molecule has 0 fully saturated rings. The van der Waals surface area contributed by atoms with Crippen molar-refractivity contribution in [2.45, 2.75) is 12.2 Å². The van der Waals surface area contributed by atoms with E-state index in [0.717, 1.165) is 5.69 Å². The van der Waals surface area contributed by atoms with Gasteiger partial charge in [-0.3, -0.25) is 4.21 Å². The molecule has 4 nitrogen and oxygen atoms in total. The summed E-state index contributed by atoms with van der Waals surface area (Å²) in [6.07, 6.45) is 1.70. The Balaban J connectivity index is 2.66. The molecular weight excluding hydrogens is 224 g/mol. The van der Waals surface area contributed by atoms with E-state index in [0.29, 0.717) is 18.0 Å². The molecule has 0 aliphatic rings. The molecule has 0 heterocycles. The summed E-state index contributed by atoms with van der Waals surface area (Å²) in [7, 11) is 0.778. The van der Waals surface area contributed by atoms with Crippen molar-refractivity contribution in [1.82, 2.24) is 0 Å². The first-order valence-corrected chi connectivity index (χ1v) is 6.65. The van der Waals surface area contributed by atoms with Crippen LogP contribution in [0, 0.1) is 0 Å². The van der Waals surface area contributed by atoms with E-state index in [4.69, 9.17) is 10.5 Å². The van der Waals surface area contributed by atoms with E-state index in [1.54, 1.807) is 19.4 Å². The van der Waals surface area contributed by atoms with Crippen LogP contribution in [0.4, 0.5) is 11.4 Å². The highest BCUT2D eigenvalue weighted by Crippen LogP contribution is 2.22. The predicted octanol–water partition coefficient (Wildman–Crippen LogP) is 1.46. The fourth-order valence-electron chi connectivity index (χ4n) is 1.22. The number of hydrogen-bond acceptors (Lipinski definition) is 4. The normalized spacial score (nSPS) is 14.2. The standard InChI is InChI=1S/C11H18N2O2S/c1-8(16(3)14)7-13-10-4-9(12)5-11(6-10)15-2/h4-6,8,13H,7,12H2,1-3H3. The zero-order valence-electron chi connectivity index (χ0n) is 9.82. The van der Waals surface area contributed by atoms with Crippen molar-refractivity contribution >= 4 is 22.2 Å². The lowest BCUT2D eigenvalue weighted by Gasteiger charge is -2.12. The van der Waals surface area contributed by atoms with E-state index in [2.05, 4.69) is 5.32 Å². The quantitative estimate of drug-likeness (QED) is 0.767. The van der Waals surface area contributed by atoms with Gasteiger partial charge in [0.1, 0.15) is 5.75 Å². The van der Waals surface area contributed by atoms with Crippen molar-refractivity contribution in [2.24, 2.45) is 0 Å². The molecule has 2 unspecified atom stereocenters. The van der Waals surface area contributed by atoms with Gasteiger partial charge in [-0.2, -0.15) is 0 Å². The zero-order valence-corrected chi connectivity index (χ0v) is 10.6. The van der Waals surface area contributed by atoms with Crippen LogP contribution in [0.2, 0.25) is 0 Å². The van der Waals surface area contributed by atoms with Gasteiger partial charge in [0, 0.05) is 52.4 Å². The minimum absolute atomic E-state index is 0.104. The average Bonchev–Trinajstić information content (AvgIpc) is 2.24. The van der Waals surface area contributed by atoms with Crippen LogP contribution in [-0.2, 0) is 10.8 Å². The Labute approximate surface area is 98.6 Å². The van der Waals surface area contributed by atoms with Gasteiger partial charge in [0.05, 0.1) is 7.11 Å². The third-order valence-electron chi connectivity index (χ3n) is 2.32. The highest BCUT2D eigenvalue weighted by atomic mass is 32.2. The Morgan fingerprint density at radius 2 is 2.19 bits per heavy atom. The van der Waals surface area contributed by atoms with Gasteiger partial charge < -0.3 is 15.8 Å². The fraction of sp³-hybridized carbons (Fsp3) is 0.455. The Bertz CT molecular complexity index is 382. The number of nitrogen functional groups attached to an aromatic ring is 1. The lowest BCUT2D eigenvalue weighted by atomic mass is 10.2. The van der Waals surface area contributed by atoms with Crippen LogP contribution in [0.1, 0.15) is 6.92 Å². The number of anilines is 2. The molecule has 1 aromatic carbocycles. The summed E-state index contributed by atoms with van der Waals surface area (Å²) in [5.41, 5.74) is 7.25. The fourth-order valence-corrected chi connectivity index (χ4v) is 1.54. The first-order chi connectivity index (χ1) is 7.52. The van der Waals surface area contributed by atoms with Crippen LogP contribution in [0.5, 0.6) is 5.75 Å². The number of rotatable bonds is 5. The van der Waals surface area contributed by atoms with Crippen molar-refractivity contribution < 1.29 is 8.95 Å². The molecule has 0 saturated carbocycles. The molecule has 90 valence electrons. The Hall–Kier alpha value is -1.23. The van der Waals surface area contributed by atoms with Gasteiger partial charge >= 0.3 is 0 Å². The largest absolute Gasteiger partial charge is 0.497 e. The SMILES string of the molecule is COc1cc(N)cc(NCC(C)S(C)=O)c1. The average molecular weight is 242 g/mol. The maximum atomic E-state index is 11.2. The topological polar surface area (TPSA) is 64.3 Å². The second-order valence-electron chi connectivity index (χ2n) is 3.68. The van der Waals surface area contributed by atoms with Crippen LogP contribution in [-0.4, -0.2) is 29.4 Å². The second-order valence-corrected chi connectivity index (χ2v) is 5.49. The molecule has 16 heavy (non-hydrogen) atoms. The maximum Gasteiger partial charge on any atom is 0.122 e. The molecule has 0 aliphatic carbocycles. The van der Waals surface area contributed by atoms with Gasteiger partial charge in [0.2, 0.25) is 0 Å². The maximum absolute atomic E-state index is 11.2. The molecule has 2 atom stereocenters.